The SMILES string of the molecule is C=CCn1c(SCC(=O)N[C@@H](C)CC)nc2sc3c(c2c1=O)CCCC3. The molecule has 0 aromatic carbocycles. The molecule has 0 fully saturated rings. The van der Waals surface area contributed by atoms with Gasteiger partial charge in [-0.2, -0.15) is 0 Å². The molecular weight excluding hydrogens is 366 g/mol. The van der Waals surface area contributed by atoms with Crippen molar-refractivity contribution in [1.82, 2.24) is 14.9 Å². The first-order chi connectivity index (χ1) is 12.5. The van der Waals surface area contributed by atoms with Crippen LogP contribution in [0.25, 0.3) is 10.2 Å². The van der Waals surface area contributed by atoms with Gasteiger partial charge in [0.05, 0.1) is 11.1 Å². The van der Waals surface area contributed by atoms with E-state index in [0.29, 0.717) is 11.7 Å². The smallest absolute Gasteiger partial charge is 0.263 e. The first-order valence-corrected chi connectivity index (χ1v) is 10.9. The Kier molecular flexibility index (Phi) is 6.19. The van der Waals surface area contributed by atoms with E-state index in [9.17, 15) is 9.59 Å². The second-order valence-electron chi connectivity index (χ2n) is 6.66. The van der Waals surface area contributed by atoms with Crippen LogP contribution in [0.15, 0.2) is 22.6 Å². The van der Waals surface area contributed by atoms with Crippen molar-refractivity contribution in [3.8, 4) is 0 Å². The van der Waals surface area contributed by atoms with Crippen LogP contribution < -0.4 is 10.9 Å². The zero-order chi connectivity index (χ0) is 18.7. The maximum absolute atomic E-state index is 13.1. The third kappa shape index (κ3) is 3.88. The number of carbonyl (C=O) groups is 1. The Bertz CT molecular complexity index is 885. The summed E-state index contributed by atoms with van der Waals surface area (Å²) in [5.74, 6) is 0.221. The molecule has 140 valence electrons. The van der Waals surface area contributed by atoms with Gasteiger partial charge in [-0.1, -0.05) is 24.8 Å². The maximum atomic E-state index is 13.1. The highest BCUT2D eigenvalue weighted by Crippen LogP contribution is 2.34. The number of thiophene rings is 1. The van der Waals surface area contributed by atoms with E-state index in [4.69, 9.17) is 4.98 Å². The van der Waals surface area contributed by atoms with Crippen molar-refractivity contribution in [2.24, 2.45) is 0 Å². The molecule has 7 heteroatoms. The summed E-state index contributed by atoms with van der Waals surface area (Å²) in [7, 11) is 0. The van der Waals surface area contributed by atoms with Gasteiger partial charge in [0.25, 0.3) is 5.56 Å². The molecule has 1 aliphatic carbocycles. The number of nitrogens with one attached hydrogen (secondary N) is 1. The molecule has 0 radical (unpaired) electrons. The van der Waals surface area contributed by atoms with Crippen molar-refractivity contribution in [1.29, 1.82) is 0 Å². The lowest BCUT2D eigenvalue weighted by Gasteiger charge is -2.13. The van der Waals surface area contributed by atoms with Gasteiger partial charge >= 0.3 is 0 Å². The van der Waals surface area contributed by atoms with Crippen LogP contribution in [0.1, 0.15) is 43.6 Å². The molecule has 2 aromatic rings. The fourth-order valence-corrected chi connectivity index (χ4v) is 5.29. The van der Waals surface area contributed by atoms with Gasteiger partial charge in [-0.05, 0) is 44.6 Å². The number of allylic oxidation sites excluding steroid dienone is 1. The largest absolute Gasteiger partial charge is 0.353 e. The number of hydrogen-bond acceptors (Lipinski definition) is 5. The molecule has 0 saturated carbocycles. The molecule has 2 aromatic heterocycles. The summed E-state index contributed by atoms with van der Waals surface area (Å²) in [6.07, 6.45) is 6.91. The summed E-state index contributed by atoms with van der Waals surface area (Å²) in [6.45, 7) is 8.19. The van der Waals surface area contributed by atoms with Gasteiger partial charge in [0.2, 0.25) is 5.91 Å². The molecular formula is C19H25N3O2S2. The van der Waals surface area contributed by atoms with E-state index in [1.807, 2.05) is 13.8 Å². The van der Waals surface area contributed by atoms with Gasteiger partial charge in [0, 0.05) is 17.5 Å². The quantitative estimate of drug-likeness (QED) is 0.445. The number of carbonyl (C=O) groups excluding carboxylic acids is 1. The molecule has 1 N–H and O–H groups in total. The van der Waals surface area contributed by atoms with Crippen LogP contribution in [0.5, 0.6) is 0 Å². The minimum Gasteiger partial charge on any atom is -0.353 e. The number of fused-ring (bicyclic) bond motifs is 3. The molecule has 1 atom stereocenters. The zero-order valence-electron chi connectivity index (χ0n) is 15.3. The monoisotopic (exact) mass is 391 g/mol. The molecule has 0 bridgehead atoms. The molecule has 1 aliphatic rings. The summed E-state index contributed by atoms with van der Waals surface area (Å²) in [4.78, 5) is 32.1. The predicted molar refractivity (Wildman–Crippen MR) is 109 cm³/mol. The first kappa shape index (κ1) is 19.2. The van der Waals surface area contributed by atoms with E-state index in [-0.39, 0.29) is 23.3 Å². The Morgan fingerprint density at radius 1 is 1.46 bits per heavy atom. The van der Waals surface area contributed by atoms with E-state index in [2.05, 4.69) is 11.9 Å². The molecule has 0 spiro atoms. The molecule has 1 amide bonds. The van der Waals surface area contributed by atoms with Crippen molar-refractivity contribution in [3.63, 3.8) is 0 Å². The van der Waals surface area contributed by atoms with Gasteiger partial charge in [-0.25, -0.2) is 4.98 Å². The Morgan fingerprint density at radius 3 is 2.96 bits per heavy atom. The van der Waals surface area contributed by atoms with Crippen molar-refractivity contribution in [2.45, 2.75) is 63.7 Å². The van der Waals surface area contributed by atoms with Crippen molar-refractivity contribution >= 4 is 39.2 Å². The standard InChI is InChI=1S/C19H25N3O2S2/c1-4-10-22-18(24)16-13-8-6-7-9-14(13)26-17(16)21-19(22)25-11-15(23)20-12(3)5-2/h4,12H,1,5-11H2,2-3H3,(H,20,23)/t12-/m0/s1. The van der Waals surface area contributed by atoms with Crippen LogP contribution in [-0.2, 0) is 24.2 Å². The number of aryl methyl sites for hydroxylation is 2. The highest BCUT2D eigenvalue weighted by Gasteiger charge is 2.22. The first-order valence-electron chi connectivity index (χ1n) is 9.13. The molecule has 0 saturated heterocycles. The molecule has 3 rings (SSSR count). The van der Waals surface area contributed by atoms with Crippen LogP contribution in [0, 0.1) is 0 Å². The van der Waals surface area contributed by atoms with Crippen LogP contribution in [-0.4, -0.2) is 27.3 Å². The predicted octanol–water partition coefficient (Wildman–Crippen LogP) is 3.53. The average molecular weight is 392 g/mol. The minimum absolute atomic E-state index is 0.000801. The zero-order valence-corrected chi connectivity index (χ0v) is 17.0. The topological polar surface area (TPSA) is 64.0 Å². The summed E-state index contributed by atoms with van der Waals surface area (Å²) in [6, 6.07) is 0.151. The molecule has 2 heterocycles. The van der Waals surface area contributed by atoms with Crippen LogP contribution in [0.3, 0.4) is 0 Å². The summed E-state index contributed by atoms with van der Waals surface area (Å²) in [5.41, 5.74) is 1.19. The fraction of sp³-hybridized carbons (Fsp3) is 0.526. The number of amides is 1. The van der Waals surface area contributed by atoms with Crippen LogP contribution in [0.2, 0.25) is 0 Å². The van der Waals surface area contributed by atoms with Crippen molar-refractivity contribution in [3.05, 3.63) is 33.4 Å². The number of thioether (sulfide) groups is 1. The highest BCUT2D eigenvalue weighted by atomic mass is 32.2. The third-order valence-corrected chi connectivity index (χ3v) is 6.87. The molecule has 26 heavy (non-hydrogen) atoms. The van der Waals surface area contributed by atoms with Crippen molar-refractivity contribution in [2.75, 3.05) is 5.75 Å². The summed E-state index contributed by atoms with van der Waals surface area (Å²) < 4.78 is 1.65. The molecule has 5 nitrogen and oxygen atoms in total. The number of aromatic nitrogens is 2. The Morgan fingerprint density at radius 2 is 2.23 bits per heavy atom. The normalized spacial score (nSPS) is 14.8. The van der Waals surface area contributed by atoms with E-state index in [0.717, 1.165) is 35.9 Å². The van der Waals surface area contributed by atoms with Crippen molar-refractivity contribution < 1.29 is 4.79 Å². The molecule has 0 unspecified atom stereocenters. The lowest BCUT2D eigenvalue weighted by atomic mass is 9.97. The van der Waals surface area contributed by atoms with Crippen LogP contribution >= 0.6 is 23.1 Å². The Hall–Kier alpha value is -1.60. The van der Waals surface area contributed by atoms with Gasteiger partial charge < -0.3 is 5.32 Å². The van der Waals surface area contributed by atoms with E-state index in [1.54, 1.807) is 22.0 Å². The lowest BCUT2D eigenvalue weighted by molar-refractivity contribution is -0.119. The lowest BCUT2D eigenvalue weighted by Crippen LogP contribution is -2.33. The number of rotatable bonds is 7. The van der Waals surface area contributed by atoms with Gasteiger partial charge in [-0.3, -0.25) is 14.2 Å². The summed E-state index contributed by atoms with van der Waals surface area (Å²) in [5, 5.41) is 4.33. The van der Waals surface area contributed by atoms with Crippen LogP contribution in [0.4, 0.5) is 0 Å². The summed E-state index contributed by atoms with van der Waals surface area (Å²) >= 11 is 2.96. The second-order valence-corrected chi connectivity index (χ2v) is 8.68. The molecule has 0 aliphatic heterocycles. The second kappa shape index (κ2) is 8.39. The number of nitrogens with zero attached hydrogens (tertiary/aromatic N) is 2. The minimum atomic E-state index is -0.0330. The maximum Gasteiger partial charge on any atom is 0.263 e. The van der Waals surface area contributed by atoms with Gasteiger partial charge in [-0.15, -0.1) is 17.9 Å². The third-order valence-electron chi connectivity index (χ3n) is 4.70. The Labute approximate surface area is 161 Å². The average Bonchev–Trinajstić information content (AvgIpc) is 3.01. The highest BCUT2D eigenvalue weighted by molar-refractivity contribution is 7.99. The van der Waals surface area contributed by atoms with E-state index in [1.165, 1.54) is 28.6 Å². The van der Waals surface area contributed by atoms with E-state index < -0.39 is 0 Å². The van der Waals surface area contributed by atoms with Gasteiger partial charge in [0.15, 0.2) is 5.16 Å². The fourth-order valence-electron chi connectivity index (χ4n) is 3.17. The van der Waals surface area contributed by atoms with Gasteiger partial charge in [0.1, 0.15) is 4.83 Å². The Balaban J connectivity index is 1.94. The van der Waals surface area contributed by atoms with E-state index >= 15 is 0 Å². The number of hydrogen-bond donors (Lipinski definition) is 1.